The van der Waals surface area contributed by atoms with Crippen LogP contribution in [0.5, 0.6) is 5.75 Å². The molecular formula is C12H16FNO3. The van der Waals surface area contributed by atoms with Crippen molar-refractivity contribution in [3.63, 3.8) is 0 Å². The normalized spacial score (nSPS) is 12.2. The molecule has 1 aromatic rings. The first-order chi connectivity index (χ1) is 8.10. The highest BCUT2D eigenvalue weighted by molar-refractivity contribution is 5.72. The van der Waals surface area contributed by atoms with Gasteiger partial charge in [0.05, 0.1) is 0 Å². The minimum absolute atomic E-state index is 0.0594. The summed E-state index contributed by atoms with van der Waals surface area (Å²) in [5, 5.41) is 8.94. The third-order valence-electron chi connectivity index (χ3n) is 2.35. The summed E-state index contributed by atoms with van der Waals surface area (Å²) in [6, 6.07) is 4.35. The molecular weight excluding hydrogens is 225 g/mol. The molecule has 17 heavy (non-hydrogen) atoms. The van der Waals surface area contributed by atoms with E-state index in [1.54, 1.807) is 6.07 Å². The Labute approximate surface area is 99.2 Å². The average Bonchev–Trinajstić information content (AvgIpc) is 2.30. The molecule has 1 aromatic carbocycles. The number of para-hydroxylation sites is 1. The van der Waals surface area contributed by atoms with Crippen molar-refractivity contribution < 1.29 is 19.0 Å². The molecule has 0 aliphatic carbocycles. The van der Waals surface area contributed by atoms with E-state index in [2.05, 4.69) is 0 Å². The van der Waals surface area contributed by atoms with Gasteiger partial charge in [-0.2, -0.15) is 0 Å². The number of aliphatic carboxylic acids is 1. The standard InChI is InChI=1S/C12H16FNO3/c1-2-4-10(12(15)16)17-11-8(7-14)5-3-6-9(11)13/h3,5-6,10H,2,4,7,14H2,1H3,(H,15,16). The largest absolute Gasteiger partial charge is 0.479 e. The lowest BCUT2D eigenvalue weighted by Crippen LogP contribution is -2.27. The van der Waals surface area contributed by atoms with Crippen molar-refractivity contribution in [3.05, 3.63) is 29.6 Å². The van der Waals surface area contributed by atoms with Crippen LogP contribution in [0.1, 0.15) is 25.3 Å². The molecule has 0 heterocycles. The molecule has 0 aliphatic rings. The average molecular weight is 241 g/mol. The van der Waals surface area contributed by atoms with E-state index in [4.69, 9.17) is 15.6 Å². The first-order valence-corrected chi connectivity index (χ1v) is 5.47. The SMILES string of the molecule is CCCC(Oc1c(F)cccc1CN)C(=O)O. The number of carboxylic acid groups (broad SMARTS) is 1. The number of carbonyl (C=O) groups is 1. The van der Waals surface area contributed by atoms with Gasteiger partial charge in [0.25, 0.3) is 0 Å². The van der Waals surface area contributed by atoms with Crippen molar-refractivity contribution in [2.24, 2.45) is 5.73 Å². The first kappa shape index (κ1) is 13.4. The van der Waals surface area contributed by atoms with E-state index in [1.165, 1.54) is 12.1 Å². The molecule has 0 aliphatic heterocycles. The third-order valence-corrected chi connectivity index (χ3v) is 2.35. The number of hydrogen-bond donors (Lipinski definition) is 2. The predicted molar refractivity (Wildman–Crippen MR) is 61.3 cm³/mol. The Morgan fingerprint density at radius 1 is 1.59 bits per heavy atom. The molecule has 0 aromatic heterocycles. The second kappa shape index (κ2) is 6.20. The fourth-order valence-electron chi connectivity index (χ4n) is 1.48. The maximum atomic E-state index is 13.5. The Kier molecular flexibility index (Phi) is 4.90. The van der Waals surface area contributed by atoms with Crippen LogP contribution in [0.2, 0.25) is 0 Å². The number of carboxylic acids is 1. The van der Waals surface area contributed by atoms with Gasteiger partial charge in [0.2, 0.25) is 0 Å². The lowest BCUT2D eigenvalue weighted by molar-refractivity contribution is -0.145. The number of ether oxygens (including phenoxy) is 1. The lowest BCUT2D eigenvalue weighted by atomic mass is 10.1. The fourth-order valence-corrected chi connectivity index (χ4v) is 1.48. The lowest BCUT2D eigenvalue weighted by Gasteiger charge is -2.17. The summed E-state index contributed by atoms with van der Waals surface area (Å²) < 4.78 is 18.7. The fraction of sp³-hybridized carbons (Fsp3) is 0.417. The van der Waals surface area contributed by atoms with Crippen LogP contribution in [0.15, 0.2) is 18.2 Å². The van der Waals surface area contributed by atoms with Gasteiger partial charge in [-0.25, -0.2) is 9.18 Å². The molecule has 1 atom stereocenters. The maximum Gasteiger partial charge on any atom is 0.344 e. The van der Waals surface area contributed by atoms with Crippen molar-refractivity contribution in [1.29, 1.82) is 0 Å². The first-order valence-electron chi connectivity index (χ1n) is 5.47. The zero-order valence-electron chi connectivity index (χ0n) is 9.65. The Hall–Kier alpha value is -1.62. The number of rotatable bonds is 6. The molecule has 1 rings (SSSR count). The molecule has 1 unspecified atom stereocenters. The molecule has 5 heteroatoms. The summed E-state index contributed by atoms with van der Waals surface area (Å²) in [5.74, 6) is -1.75. The molecule has 0 fully saturated rings. The van der Waals surface area contributed by atoms with Gasteiger partial charge in [0.1, 0.15) is 0 Å². The van der Waals surface area contributed by atoms with E-state index in [1.807, 2.05) is 6.92 Å². The third kappa shape index (κ3) is 3.42. The molecule has 0 bridgehead atoms. The van der Waals surface area contributed by atoms with E-state index in [9.17, 15) is 9.18 Å². The van der Waals surface area contributed by atoms with Crippen LogP contribution >= 0.6 is 0 Å². The number of nitrogens with two attached hydrogens (primary N) is 1. The Morgan fingerprint density at radius 2 is 2.29 bits per heavy atom. The van der Waals surface area contributed by atoms with Gasteiger partial charge < -0.3 is 15.6 Å². The van der Waals surface area contributed by atoms with Crippen molar-refractivity contribution in [1.82, 2.24) is 0 Å². The van der Waals surface area contributed by atoms with Crippen LogP contribution in [-0.2, 0) is 11.3 Å². The van der Waals surface area contributed by atoms with Crippen molar-refractivity contribution in [2.75, 3.05) is 0 Å². The summed E-state index contributed by atoms with van der Waals surface area (Å²) in [6.07, 6.45) is -0.0703. The monoisotopic (exact) mass is 241 g/mol. The minimum Gasteiger partial charge on any atom is -0.479 e. The van der Waals surface area contributed by atoms with E-state index in [-0.39, 0.29) is 12.3 Å². The van der Waals surface area contributed by atoms with Gasteiger partial charge in [-0.1, -0.05) is 25.5 Å². The smallest absolute Gasteiger partial charge is 0.344 e. The van der Waals surface area contributed by atoms with Crippen LogP contribution in [0.4, 0.5) is 4.39 Å². The molecule has 4 nitrogen and oxygen atoms in total. The number of hydrogen-bond acceptors (Lipinski definition) is 3. The minimum atomic E-state index is -1.10. The van der Waals surface area contributed by atoms with Gasteiger partial charge >= 0.3 is 5.97 Å². The van der Waals surface area contributed by atoms with Crippen LogP contribution in [-0.4, -0.2) is 17.2 Å². The quantitative estimate of drug-likeness (QED) is 0.798. The van der Waals surface area contributed by atoms with Gasteiger partial charge in [-0.05, 0) is 12.5 Å². The van der Waals surface area contributed by atoms with Crippen LogP contribution in [0.25, 0.3) is 0 Å². The van der Waals surface area contributed by atoms with E-state index in [0.29, 0.717) is 18.4 Å². The van der Waals surface area contributed by atoms with Crippen molar-refractivity contribution in [3.8, 4) is 5.75 Å². The van der Waals surface area contributed by atoms with Gasteiger partial charge in [0.15, 0.2) is 17.7 Å². The van der Waals surface area contributed by atoms with Crippen molar-refractivity contribution in [2.45, 2.75) is 32.4 Å². The van der Waals surface area contributed by atoms with Gasteiger partial charge in [0, 0.05) is 12.1 Å². The highest BCUT2D eigenvalue weighted by Gasteiger charge is 2.21. The molecule has 0 spiro atoms. The molecule has 94 valence electrons. The molecule has 0 saturated carbocycles. The van der Waals surface area contributed by atoms with Gasteiger partial charge in [-0.3, -0.25) is 0 Å². The predicted octanol–water partition coefficient (Wildman–Crippen LogP) is 1.92. The zero-order chi connectivity index (χ0) is 12.8. The van der Waals surface area contributed by atoms with E-state index >= 15 is 0 Å². The highest BCUT2D eigenvalue weighted by Crippen LogP contribution is 2.24. The second-order valence-electron chi connectivity index (χ2n) is 3.67. The van der Waals surface area contributed by atoms with Crippen LogP contribution in [0, 0.1) is 5.82 Å². The summed E-state index contributed by atoms with van der Waals surface area (Å²) in [4.78, 5) is 10.9. The van der Waals surface area contributed by atoms with Gasteiger partial charge in [-0.15, -0.1) is 0 Å². The van der Waals surface area contributed by atoms with E-state index in [0.717, 1.165) is 0 Å². The number of halogens is 1. The van der Waals surface area contributed by atoms with Crippen LogP contribution < -0.4 is 10.5 Å². The van der Waals surface area contributed by atoms with Crippen molar-refractivity contribution >= 4 is 5.97 Å². The molecule has 3 N–H and O–H groups in total. The maximum absolute atomic E-state index is 13.5. The summed E-state index contributed by atoms with van der Waals surface area (Å²) in [6.45, 7) is 1.94. The van der Waals surface area contributed by atoms with Crippen LogP contribution in [0.3, 0.4) is 0 Å². The summed E-state index contributed by atoms with van der Waals surface area (Å²) in [5.41, 5.74) is 5.92. The molecule has 0 saturated heterocycles. The highest BCUT2D eigenvalue weighted by atomic mass is 19.1. The molecule has 0 radical (unpaired) electrons. The van der Waals surface area contributed by atoms with E-state index < -0.39 is 17.9 Å². The number of benzene rings is 1. The Morgan fingerprint density at radius 3 is 2.82 bits per heavy atom. The topological polar surface area (TPSA) is 72.5 Å². The summed E-state index contributed by atoms with van der Waals surface area (Å²) in [7, 11) is 0. The second-order valence-corrected chi connectivity index (χ2v) is 3.67. The Bertz CT molecular complexity index is 395. The Balaban J connectivity index is 2.95. The summed E-state index contributed by atoms with van der Waals surface area (Å²) >= 11 is 0. The molecule has 0 amide bonds. The zero-order valence-corrected chi connectivity index (χ0v) is 9.65.